The molecule has 2 aromatic rings. The van der Waals surface area contributed by atoms with Gasteiger partial charge in [0.1, 0.15) is 10.8 Å². The Bertz CT molecular complexity index is 566. The number of carbonyl (C=O) groups excluding carboxylic acids is 1. The molecule has 0 atom stereocenters. The Morgan fingerprint density at radius 3 is 2.75 bits per heavy atom. The Morgan fingerprint density at radius 2 is 2.15 bits per heavy atom. The molecular formula is C13H17N5OS. The molecule has 0 bridgehead atoms. The molecule has 0 radical (unpaired) electrons. The molecule has 2 N–H and O–H groups in total. The maximum atomic E-state index is 11.5. The van der Waals surface area contributed by atoms with Crippen molar-refractivity contribution in [3.63, 3.8) is 0 Å². The van der Waals surface area contributed by atoms with Crippen molar-refractivity contribution in [1.29, 1.82) is 0 Å². The van der Waals surface area contributed by atoms with E-state index in [9.17, 15) is 4.79 Å². The second-order valence-electron chi connectivity index (χ2n) is 4.09. The number of nitrogens with one attached hydrogen (secondary N) is 2. The zero-order chi connectivity index (χ0) is 14.4. The number of aromatic nitrogens is 3. The number of carbonyl (C=O) groups is 1. The predicted octanol–water partition coefficient (Wildman–Crippen LogP) is 1.86. The van der Waals surface area contributed by atoms with E-state index in [1.165, 1.54) is 4.88 Å². The molecule has 2 heterocycles. The van der Waals surface area contributed by atoms with Crippen molar-refractivity contribution in [2.45, 2.75) is 26.8 Å². The summed E-state index contributed by atoms with van der Waals surface area (Å²) in [6.07, 6.45) is 2.89. The van der Waals surface area contributed by atoms with Crippen molar-refractivity contribution in [1.82, 2.24) is 20.5 Å². The molecule has 0 aliphatic heterocycles. The molecule has 106 valence electrons. The monoisotopic (exact) mass is 291 g/mol. The number of hydrogen-bond acceptors (Lipinski definition) is 6. The van der Waals surface area contributed by atoms with Crippen molar-refractivity contribution in [3.8, 4) is 0 Å². The van der Waals surface area contributed by atoms with Gasteiger partial charge in [-0.1, -0.05) is 6.92 Å². The Morgan fingerprint density at radius 1 is 1.30 bits per heavy atom. The average molecular weight is 291 g/mol. The Balaban J connectivity index is 1.92. The van der Waals surface area contributed by atoms with Gasteiger partial charge < -0.3 is 10.6 Å². The second-order valence-corrected chi connectivity index (χ2v) is 5.29. The number of anilines is 1. The minimum absolute atomic E-state index is 0.209. The smallest absolute Gasteiger partial charge is 0.271 e. The standard InChI is InChI=1S/C13H17N5OS/c1-3-9-7-16-12(20-9)8-15-11-6-5-10(17-18-11)13(19)14-4-2/h5-7H,3-4,8H2,1-2H3,(H,14,19)(H,15,18). The third kappa shape index (κ3) is 3.74. The molecular weight excluding hydrogens is 274 g/mol. The fourth-order valence-electron chi connectivity index (χ4n) is 1.56. The Kier molecular flexibility index (Phi) is 5.00. The highest BCUT2D eigenvalue weighted by Crippen LogP contribution is 2.14. The van der Waals surface area contributed by atoms with Crippen LogP contribution in [0.2, 0.25) is 0 Å². The van der Waals surface area contributed by atoms with Crippen LogP contribution in [-0.2, 0) is 13.0 Å². The van der Waals surface area contributed by atoms with E-state index in [4.69, 9.17) is 0 Å². The summed E-state index contributed by atoms with van der Waals surface area (Å²) in [6.45, 7) is 5.15. The molecule has 0 aromatic carbocycles. The van der Waals surface area contributed by atoms with Crippen molar-refractivity contribution in [2.24, 2.45) is 0 Å². The van der Waals surface area contributed by atoms with Gasteiger partial charge in [-0.3, -0.25) is 4.79 Å². The first-order valence-corrected chi connectivity index (χ1v) is 7.34. The van der Waals surface area contributed by atoms with Crippen molar-refractivity contribution in [3.05, 3.63) is 33.9 Å². The largest absolute Gasteiger partial charge is 0.362 e. The number of amides is 1. The van der Waals surface area contributed by atoms with Gasteiger partial charge in [0.25, 0.3) is 5.91 Å². The van der Waals surface area contributed by atoms with Crippen LogP contribution in [0.25, 0.3) is 0 Å². The van der Waals surface area contributed by atoms with Crippen molar-refractivity contribution < 1.29 is 4.79 Å². The minimum Gasteiger partial charge on any atom is -0.362 e. The number of thiazole rings is 1. The Hall–Kier alpha value is -2.02. The van der Waals surface area contributed by atoms with Gasteiger partial charge in [-0.25, -0.2) is 4.98 Å². The highest BCUT2D eigenvalue weighted by Gasteiger charge is 2.07. The van der Waals surface area contributed by atoms with Gasteiger partial charge >= 0.3 is 0 Å². The molecule has 20 heavy (non-hydrogen) atoms. The molecule has 0 saturated heterocycles. The topological polar surface area (TPSA) is 79.8 Å². The molecule has 0 fully saturated rings. The minimum atomic E-state index is -0.209. The van der Waals surface area contributed by atoms with Crippen LogP contribution in [-0.4, -0.2) is 27.6 Å². The second kappa shape index (κ2) is 6.95. The molecule has 1 amide bonds. The first-order chi connectivity index (χ1) is 9.72. The maximum absolute atomic E-state index is 11.5. The third-order valence-electron chi connectivity index (χ3n) is 2.61. The highest BCUT2D eigenvalue weighted by molar-refractivity contribution is 7.11. The van der Waals surface area contributed by atoms with Crippen LogP contribution in [0.3, 0.4) is 0 Å². The van der Waals surface area contributed by atoms with Crippen LogP contribution < -0.4 is 10.6 Å². The van der Waals surface area contributed by atoms with Crippen LogP contribution in [0, 0.1) is 0 Å². The average Bonchev–Trinajstić information content (AvgIpc) is 2.94. The van der Waals surface area contributed by atoms with Gasteiger partial charge in [-0.05, 0) is 25.5 Å². The predicted molar refractivity (Wildman–Crippen MR) is 78.9 cm³/mol. The van der Waals surface area contributed by atoms with E-state index in [0.717, 1.165) is 11.4 Å². The van der Waals surface area contributed by atoms with Crippen LogP contribution >= 0.6 is 11.3 Å². The molecule has 0 saturated carbocycles. The molecule has 6 nitrogen and oxygen atoms in total. The molecule has 2 rings (SSSR count). The van der Waals surface area contributed by atoms with Gasteiger partial charge in [0, 0.05) is 17.6 Å². The SMILES string of the molecule is CCNC(=O)c1ccc(NCc2ncc(CC)s2)nn1. The van der Waals surface area contributed by atoms with E-state index in [1.807, 2.05) is 13.1 Å². The summed E-state index contributed by atoms with van der Waals surface area (Å²) in [6, 6.07) is 3.39. The van der Waals surface area contributed by atoms with Crippen LogP contribution in [0.1, 0.15) is 34.2 Å². The Labute approximate surface area is 121 Å². The number of hydrogen-bond donors (Lipinski definition) is 2. The highest BCUT2D eigenvalue weighted by atomic mass is 32.1. The summed E-state index contributed by atoms with van der Waals surface area (Å²) in [7, 11) is 0. The normalized spacial score (nSPS) is 10.3. The van der Waals surface area contributed by atoms with E-state index in [1.54, 1.807) is 23.5 Å². The van der Waals surface area contributed by atoms with E-state index >= 15 is 0 Å². The molecule has 0 unspecified atom stereocenters. The summed E-state index contributed by atoms with van der Waals surface area (Å²) >= 11 is 1.68. The van der Waals surface area contributed by atoms with Crippen LogP contribution in [0.4, 0.5) is 5.82 Å². The van der Waals surface area contributed by atoms with Crippen LogP contribution in [0.5, 0.6) is 0 Å². The van der Waals surface area contributed by atoms with Gasteiger partial charge in [-0.15, -0.1) is 21.5 Å². The third-order valence-corrected chi connectivity index (χ3v) is 3.75. The molecule has 7 heteroatoms. The molecule has 0 aliphatic rings. The summed E-state index contributed by atoms with van der Waals surface area (Å²) in [5, 5.41) is 14.7. The van der Waals surface area contributed by atoms with Gasteiger partial charge in [0.2, 0.25) is 0 Å². The molecule has 0 aliphatic carbocycles. The summed E-state index contributed by atoms with van der Waals surface area (Å²) in [5.41, 5.74) is 0.319. The first kappa shape index (κ1) is 14.4. The van der Waals surface area contributed by atoms with Gasteiger partial charge in [-0.2, -0.15) is 0 Å². The lowest BCUT2D eigenvalue weighted by Gasteiger charge is -2.04. The lowest BCUT2D eigenvalue weighted by Crippen LogP contribution is -2.24. The fourth-order valence-corrected chi connectivity index (χ4v) is 2.36. The van der Waals surface area contributed by atoms with E-state index in [-0.39, 0.29) is 5.91 Å². The van der Waals surface area contributed by atoms with Gasteiger partial charge in [0.15, 0.2) is 5.69 Å². The fraction of sp³-hybridized carbons (Fsp3) is 0.385. The van der Waals surface area contributed by atoms with Crippen molar-refractivity contribution >= 4 is 23.1 Å². The lowest BCUT2D eigenvalue weighted by molar-refractivity contribution is 0.0950. The summed E-state index contributed by atoms with van der Waals surface area (Å²) in [4.78, 5) is 17.1. The number of nitrogens with zero attached hydrogens (tertiary/aromatic N) is 3. The van der Waals surface area contributed by atoms with E-state index in [2.05, 4.69) is 32.7 Å². The quantitative estimate of drug-likeness (QED) is 0.849. The van der Waals surface area contributed by atoms with E-state index in [0.29, 0.717) is 24.6 Å². The zero-order valence-corrected chi connectivity index (χ0v) is 12.3. The van der Waals surface area contributed by atoms with Crippen LogP contribution in [0.15, 0.2) is 18.3 Å². The summed E-state index contributed by atoms with van der Waals surface area (Å²) < 4.78 is 0. The van der Waals surface area contributed by atoms with Gasteiger partial charge in [0.05, 0.1) is 6.54 Å². The summed E-state index contributed by atoms with van der Waals surface area (Å²) in [5.74, 6) is 0.422. The first-order valence-electron chi connectivity index (χ1n) is 6.52. The molecule has 0 spiro atoms. The maximum Gasteiger partial charge on any atom is 0.271 e. The van der Waals surface area contributed by atoms with Crippen molar-refractivity contribution in [2.75, 3.05) is 11.9 Å². The lowest BCUT2D eigenvalue weighted by atomic mass is 10.3. The molecule has 2 aromatic heterocycles. The van der Waals surface area contributed by atoms with E-state index < -0.39 is 0 Å². The zero-order valence-electron chi connectivity index (χ0n) is 11.5. The number of aryl methyl sites for hydroxylation is 1. The number of rotatable bonds is 6.